The number of aromatic nitrogens is 4. The summed E-state index contributed by atoms with van der Waals surface area (Å²) < 4.78 is 7.79. The van der Waals surface area contributed by atoms with Crippen LogP contribution in [0, 0.1) is 0 Å². The minimum atomic E-state index is -0.412. The van der Waals surface area contributed by atoms with Crippen LogP contribution in [0.1, 0.15) is 13.8 Å². The smallest absolute Gasteiger partial charge is 0.369 e. The summed E-state index contributed by atoms with van der Waals surface area (Å²) in [5, 5.41) is 10.1. The summed E-state index contributed by atoms with van der Waals surface area (Å²) in [6.07, 6.45) is -0.00123. The van der Waals surface area contributed by atoms with Gasteiger partial charge in [-0.1, -0.05) is 0 Å². The van der Waals surface area contributed by atoms with Crippen molar-refractivity contribution in [2.75, 3.05) is 13.2 Å². The van der Waals surface area contributed by atoms with Crippen molar-refractivity contribution in [1.82, 2.24) is 24.7 Å². The Morgan fingerprint density at radius 2 is 2.27 bits per heavy atom. The second kappa shape index (κ2) is 6.01. The second-order valence-corrected chi connectivity index (χ2v) is 6.25. The van der Waals surface area contributed by atoms with E-state index >= 15 is 0 Å². The summed E-state index contributed by atoms with van der Waals surface area (Å²) in [6, 6.07) is 3.60. The molecule has 2 aromatic heterocycles. The van der Waals surface area contributed by atoms with Gasteiger partial charge in [-0.3, -0.25) is 4.79 Å². The zero-order valence-corrected chi connectivity index (χ0v) is 13.2. The SMILES string of the molecule is C[C@@H]1CN(C(=O)Cn2nnn(-c3cccs3)c2=O)[C@@H](C)CO1. The van der Waals surface area contributed by atoms with Crippen LogP contribution in [-0.4, -0.2) is 55.9 Å². The van der Waals surface area contributed by atoms with Crippen LogP contribution in [0.15, 0.2) is 22.3 Å². The number of thiophene rings is 1. The molecule has 0 N–H and O–H groups in total. The van der Waals surface area contributed by atoms with E-state index in [-0.39, 0.29) is 24.6 Å². The first kappa shape index (κ1) is 14.9. The van der Waals surface area contributed by atoms with Crippen molar-refractivity contribution in [2.24, 2.45) is 0 Å². The molecule has 1 aliphatic heterocycles. The predicted octanol–water partition coefficient (Wildman–Crippen LogP) is 0.126. The van der Waals surface area contributed by atoms with Crippen LogP contribution in [-0.2, 0) is 16.1 Å². The summed E-state index contributed by atoms with van der Waals surface area (Å²) in [5.41, 5.74) is -0.412. The summed E-state index contributed by atoms with van der Waals surface area (Å²) in [6.45, 7) is 4.76. The van der Waals surface area contributed by atoms with Gasteiger partial charge in [0.1, 0.15) is 11.5 Å². The summed E-state index contributed by atoms with van der Waals surface area (Å²) in [4.78, 5) is 26.4. The molecule has 0 aliphatic carbocycles. The van der Waals surface area contributed by atoms with E-state index in [2.05, 4.69) is 10.4 Å². The molecule has 1 aliphatic rings. The van der Waals surface area contributed by atoms with Gasteiger partial charge < -0.3 is 9.64 Å². The number of hydrogen-bond acceptors (Lipinski definition) is 6. The van der Waals surface area contributed by atoms with Gasteiger partial charge in [0.05, 0.1) is 18.8 Å². The van der Waals surface area contributed by atoms with Crippen molar-refractivity contribution >= 4 is 17.2 Å². The van der Waals surface area contributed by atoms with E-state index in [1.807, 2.05) is 25.3 Å². The molecule has 0 unspecified atom stereocenters. The molecular weight excluding hydrogens is 306 g/mol. The van der Waals surface area contributed by atoms with E-state index in [9.17, 15) is 9.59 Å². The minimum Gasteiger partial charge on any atom is -0.375 e. The molecule has 2 atom stereocenters. The lowest BCUT2D eigenvalue weighted by atomic mass is 10.2. The standard InChI is InChI=1S/C13H17N5O3S/c1-9-8-21-10(2)6-16(9)11(19)7-17-13(20)18(15-14-17)12-4-3-5-22-12/h3-5,9-10H,6-8H2,1-2H3/t9-,10+/m0/s1. The monoisotopic (exact) mass is 323 g/mol. The summed E-state index contributed by atoms with van der Waals surface area (Å²) >= 11 is 1.39. The third-order valence-corrected chi connectivity index (χ3v) is 4.41. The highest BCUT2D eigenvalue weighted by Gasteiger charge is 2.28. The normalized spacial score (nSPS) is 22.0. The maximum Gasteiger partial charge on any atom is 0.369 e. The van der Waals surface area contributed by atoms with Crippen molar-refractivity contribution in [2.45, 2.75) is 32.5 Å². The number of nitrogens with zero attached hydrogens (tertiary/aromatic N) is 5. The van der Waals surface area contributed by atoms with Crippen molar-refractivity contribution in [3.8, 4) is 5.00 Å². The van der Waals surface area contributed by atoms with E-state index < -0.39 is 5.69 Å². The van der Waals surface area contributed by atoms with Gasteiger partial charge >= 0.3 is 5.69 Å². The fourth-order valence-electron chi connectivity index (χ4n) is 2.37. The Labute approximate surface area is 130 Å². The van der Waals surface area contributed by atoms with E-state index in [1.54, 1.807) is 11.0 Å². The molecule has 9 heteroatoms. The second-order valence-electron chi connectivity index (χ2n) is 5.32. The maximum atomic E-state index is 12.4. The highest BCUT2D eigenvalue weighted by molar-refractivity contribution is 7.12. The van der Waals surface area contributed by atoms with E-state index in [0.717, 1.165) is 4.68 Å². The van der Waals surface area contributed by atoms with E-state index in [0.29, 0.717) is 18.2 Å². The topological polar surface area (TPSA) is 82.3 Å². The van der Waals surface area contributed by atoms with Crippen LogP contribution >= 0.6 is 11.3 Å². The predicted molar refractivity (Wildman–Crippen MR) is 80.1 cm³/mol. The number of ether oxygens (including phenoxy) is 1. The molecule has 1 saturated heterocycles. The van der Waals surface area contributed by atoms with Crippen LogP contribution in [0.4, 0.5) is 0 Å². The molecule has 8 nitrogen and oxygen atoms in total. The van der Waals surface area contributed by atoms with Crippen LogP contribution in [0.5, 0.6) is 0 Å². The third-order valence-electron chi connectivity index (χ3n) is 3.57. The average Bonchev–Trinajstić information content (AvgIpc) is 3.12. The third kappa shape index (κ3) is 2.81. The van der Waals surface area contributed by atoms with Crippen LogP contribution < -0.4 is 5.69 Å². The lowest BCUT2D eigenvalue weighted by Crippen LogP contribution is -2.51. The molecule has 118 valence electrons. The first-order valence-corrected chi connectivity index (χ1v) is 7.92. The zero-order valence-electron chi connectivity index (χ0n) is 12.4. The van der Waals surface area contributed by atoms with Gasteiger partial charge in [-0.25, -0.2) is 4.79 Å². The summed E-state index contributed by atoms with van der Waals surface area (Å²) in [7, 11) is 0. The van der Waals surface area contributed by atoms with Crippen molar-refractivity contribution < 1.29 is 9.53 Å². The van der Waals surface area contributed by atoms with Crippen molar-refractivity contribution in [3.05, 3.63) is 28.0 Å². The van der Waals surface area contributed by atoms with Crippen molar-refractivity contribution in [1.29, 1.82) is 0 Å². The molecule has 3 heterocycles. The number of amides is 1. The lowest BCUT2D eigenvalue weighted by molar-refractivity contribution is -0.144. The van der Waals surface area contributed by atoms with Crippen LogP contribution in [0.2, 0.25) is 0 Å². The number of carbonyl (C=O) groups is 1. The average molecular weight is 323 g/mol. The number of carbonyl (C=O) groups excluding carboxylic acids is 1. The Balaban J connectivity index is 1.76. The van der Waals surface area contributed by atoms with Gasteiger partial charge in [-0.15, -0.1) is 11.3 Å². The molecule has 3 rings (SSSR count). The maximum absolute atomic E-state index is 12.4. The number of hydrogen-bond donors (Lipinski definition) is 0. The van der Waals surface area contributed by atoms with Crippen LogP contribution in [0.3, 0.4) is 0 Å². The fraction of sp³-hybridized carbons (Fsp3) is 0.538. The van der Waals surface area contributed by atoms with Crippen LogP contribution in [0.25, 0.3) is 5.00 Å². The van der Waals surface area contributed by atoms with E-state index in [4.69, 9.17) is 4.74 Å². The molecule has 0 spiro atoms. The zero-order chi connectivity index (χ0) is 15.7. The molecule has 0 radical (unpaired) electrons. The Kier molecular flexibility index (Phi) is 4.08. The number of tetrazole rings is 1. The molecule has 22 heavy (non-hydrogen) atoms. The Bertz CT molecular complexity index is 708. The number of rotatable bonds is 3. The highest BCUT2D eigenvalue weighted by atomic mass is 32.1. The minimum absolute atomic E-state index is 0.00123. The van der Waals surface area contributed by atoms with Gasteiger partial charge in [0.2, 0.25) is 5.91 Å². The first-order valence-electron chi connectivity index (χ1n) is 7.04. The molecule has 0 bridgehead atoms. The molecule has 2 aromatic rings. The molecule has 0 aromatic carbocycles. The quantitative estimate of drug-likeness (QED) is 0.802. The molecule has 1 amide bonds. The lowest BCUT2D eigenvalue weighted by Gasteiger charge is -2.36. The largest absolute Gasteiger partial charge is 0.375 e. The molecule has 1 fully saturated rings. The van der Waals surface area contributed by atoms with Crippen molar-refractivity contribution in [3.63, 3.8) is 0 Å². The Morgan fingerprint density at radius 1 is 1.45 bits per heavy atom. The first-order chi connectivity index (χ1) is 10.6. The number of morpholine rings is 1. The fourth-order valence-corrected chi connectivity index (χ4v) is 3.04. The summed E-state index contributed by atoms with van der Waals surface area (Å²) in [5.74, 6) is -0.150. The van der Waals surface area contributed by atoms with Gasteiger partial charge in [0.25, 0.3) is 0 Å². The molecule has 0 saturated carbocycles. The molecular formula is C13H17N5O3S. The van der Waals surface area contributed by atoms with E-state index in [1.165, 1.54) is 16.0 Å². The van der Waals surface area contributed by atoms with Gasteiger partial charge in [0, 0.05) is 6.54 Å². The van der Waals surface area contributed by atoms with Gasteiger partial charge in [0.15, 0.2) is 0 Å². The Morgan fingerprint density at radius 3 is 3.00 bits per heavy atom. The van der Waals surface area contributed by atoms with Gasteiger partial charge in [-0.2, -0.15) is 9.36 Å². The van der Waals surface area contributed by atoms with Gasteiger partial charge in [-0.05, 0) is 41.8 Å². The Hall–Kier alpha value is -2.00. The highest BCUT2D eigenvalue weighted by Crippen LogP contribution is 2.12.